The zero-order chi connectivity index (χ0) is 15.0. The van der Waals surface area contributed by atoms with Crippen LogP contribution in [0.25, 0.3) is 0 Å². The molecule has 0 radical (unpaired) electrons. The molecule has 0 fully saturated rings. The van der Waals surface area contributed by atoms with Gasteiger partial charge in [-0.2, -0.15) is 0 Å². The lowest BCUT2D eigenvalue weighted by molar-refractivity contribution is 0.602. The standard InChI is InChI=1S/C15H27N3O2/c1-4-5-6-7-8-17-12-13(15(20)14(12)19)18-10-9-16-11(2)3/h11,16-18H,4-10H2,1-3H3. The van der Waals surface area contributed by atoms with Gasteiger partial charge in [-0.05, 0) is 6.42 Å². The molecule has 0 aliphatic carbocycles. The van der Waals surface area contributed by atoms with Crippen LogP contribution in [0, 0.1) is 0 Å². The molecule has 5 nitrogen and oxygen atoms in total. The van der Waals surface area contributed by atoms with Gasteiger partial charge in [0.2, 0.25) is 0 Å². The molecule has 0 saturated carbocycles. The maximum atomic E-state index is 11.5. The zero-order valence-corrected chi connectivity index (χ0v) is 12.8. The van der Waals surface area contributed by atoms with Gasteiger partial charge in [-0.15, -0.1) is 0 Å². The van der Waals surface area contributed by atoms with E-state index in [2.05, 4.69) is 36.7 Å². The van der Waals surface area contributed by atoms with Crippen LogP contribution in [-0.4, -0.2) is 25.7 Å². The first-order valence-corrected chi connectivity index (χ1v) is 7.62. The summed E-state index contributed by atoms with van der Waals surface area (Å²) >= 11 is 0. The quantitative estimate of drug-likeness (QED) is 0.425. The topological polar surface area (TPSA) is 70.2 Å². The average molecular weight is 281 g/mol. The van der Waals surface area contributed by atoms with Crippen LogP contribution in [0.4, 0.5) is 11.4 Å². The summed E-state index contributed by atoms with van der Waals surface area (Å²) in [5, 5.41) is 9.38. The molecule has 0 atom stereocenters. The molecule has 114 valence electrons. The van der Waals surface area contributed by atoms with Crippen LogP contribution in [0.5, 0.6) is 0 Å². The van der Waals surface area contributed by atoms with Gasteiger partial charge in [0.25, 0.3) is 10.9 Å². The van der Waals surface area contributed by atoms with E-state index in [1.165, 1.54) is 12.8 Å². The van der Waals surface area contributed by atoms with Gasteiger partial charge in [0.05, 0.1) is 0 Å². The Bertz CT molecular complexity index is 462. The third-order valence-electron chi connectivity index (χ3n) is 3.22. The lowest BCUT2D eigenvalue weighted by Crippen LogP contribution is -2.39. The van der Waals surface area contributed by atoms with Gasteiger partial charge in [0, 0.05) is 25.7 Å². The third kappa shape index (κ3) is 4.96. The highest BCUT2D eigenvalue weighted by Gasteiger charge is 2.19. The van der Waals surface area contributed by atoms with E-state index >= 15 is 0 Å². The molecule has 0 saturated heterocycles. The summed E-state index contributed by atoms with van der Waals surface area (Å²) in [6, 6.07) is 0.417. The molecule has 0 aliphatic heterocycles. The minimum absolute atomic E-state index is 0.389. The SMILES string of the molecule is CCCCCCNc1c(NCCNC(C)C)c(=O)c1=O. The molecule has 0 bridgehead atoms. The minimum Gasteiger partial charge on any atom is -0.380 e. The van der Waals surface area contributed by atoms with Crippen molar-refractivity contribution in [1.29, 1.82) is 0 Å². The molecule has 0 amide bonds. The highest BCUT2D eigenvalue weighted by atomic mass is 16.2. The van der Waals surface area contributed by atoms with Gasteiger partial charge in [-0.3, -0.25) is 9.59 Å². The van der Waals surface area contributed by atoms with E-state index in [9.17, 15) is 9.59 Å². The fourth-order valence-electron chi connectivity index (χ4n) is 2.04. The van der Waals surface area contributed by atoms with Crippen LogP contribution in [-0.2, 0) is 0 Å². The summed E-state index contributed by atoms with van der Waals surface area (Å²) < 4.78 is 0. The third-order valence-corrected chi connectivity index (χ3v) is 3.22. The van der Waals surface area contributed by atoms with Gasteiger partial charge in [0.15, 0.2) is 0 Å². The van der Waals surface area contributed by atoms with Crippen LogP contribution < -0.4 is 26.8 Å². The predicted molar refractivity (Wildman–Crippen MR) is 85.6 cm³/mol. The first-order valence-electron chi connectivity index (χ1n) is 7.62. The van der Waals surface area contributed by atoms with Crippen molar-refractivity contribution in [2.45, 2.75) is 52.5 Å². The van der Waals surface area contributed by atoms with Crippen molar-refractivity contribution < 1.29 is 0 Å². The van der Waals surface area contributed by atoms with Crippen molar-refractivity contribution in [1.82, 2.24) is 5.32 Å². The smallest absolute Gasteiger partial charge is 0.253 e. The number of anilines is 2. The Morgan fingerprint density at radius 1 is 0.850 bits per heavy atom. The molecule has 1 rings (SSSR count). The Kier molecular flexibility index (Phi) is 7.30. The minimum atomic E-state index is -0.398. The van der Waals surface area contributed by atoms with Gasteiger partial charge in [0.1, 0.15) is 11.4 Å². The molecule has 3 N–H and O–H groups in total. The van der Waals surface area contributed by atoms with Gasteiger partial charge in [-0.1, -0.05) is 40.0 Å². The molecule has 20 heavy (non-hydrogen) atoms. The molecule has 1 aromatic rings. The molecule has 0 spiro atoms. The lowest BCUT2D eigenvalue weighted by atomic mass is 10.1. The highest BCUT2D eigenvalue weighted by Crippen LogP contribution is 2.14. The summed E-state index contributed by atoms with van der Waals surface area (Å²) in [6.45, 7) is 8.47. The second kappa shape index (κ2) is 8.74. The highest BCUT2D eigenvalue weighted by molar-refractivity contribution is 5.73. The second-order valence-corrected chi connectivity index (χ2v) is 5.43. The van der Waals surface area contributed by atoms with Crippen LogP contribution in [0.3, 0.4) is 0 Å². The number of hydrogen-bond donors (Lipinski definition) is 3. The Hall–Kier alpha value is -1.36. The number of rotatable bonds is 11. The van der Waals surface area contributed by atoms with Crippen molar-refractivity contribution in [3.05, 3.63) is 20.4 Å². The number of nitrogens with one attached hydrogen (secondary N) is 3. The van der Waals surface area contributed by atoms with Crippen LogP contribution in [0.15, 0.2) is 9.59 Å². The van der Waals surface area contributed by atoms with Crippen molar-refractivity contribution in [2.24, 2.45) is 0 Å². The van der Waals surface area contributed by atoms with Crippen molar-refractivity contribution in [3.8, 4) is 0 Å². The van der Waals surface area contributed by atoms with E-state index in [4.69, 9.17) is 0 Å². The first-order chi connectivity index (χ1) is 9.57. The van der Waals surface area contributed by atoms with E-state index in [1.807, 2.05) is 0 Å². The monoisotopic (exact) mass is 281 g/mol. The normalized spacial score (nSPS) is 11.2. The molecule has 0 heterocycles. The van der Waals surface area contributed by atoms with E-state index in [1.54, 1.807) is 0 Å². The molecule has 0 aromatic heterocycles. The molecule has 1 aromatic carbocycles. The largest absolute Gasteiger partial charge is 0.380 e. The molecular weight excluding hydrogens is 254 g/mol. The summed E-state index contributed by atoms with van der Waals surface area (Å²) in [7, 11) is 0. The van der Waals surface area contributed by atoms with Crippen molar-refractivity contribution >= 4 is 11.4 Å². The van der Waals surface area contributed by atoms with Crippen LogP contribution in [0.1, 0.15) is 46.5 Å². The first kappa shape index (κ1) is 16.7. The Balaban J connectivity index is 2.34. The summed E-state index contributed by atoms with van der Waals surface area (Å²) in [5.41, 5.74) is 0.137. The molecule has 0 aliphatic rings. The van der Waals surface area contributed by atoms with Gasteiger partial charge in [-0.25, -0.2) is 0 Å². The predicted octanol–water partition coefficient (Wildman–Crippen LogP) is 1.68. The summed E-state index contributed by atoms with van der Waals surface area (Å²) in [5.74, 6) is 0. The maximum absolute atomic E-state index is 11.5. The Morgan fingerprint density at radius 3 is 2.00 bits per heavy atom. The lowest BCUT2D eigenvalue weighted by Gasteiger charge is -2.15. The second-order valence-electron chi connectivity index (χ2n) is 5.43. The zero-order valence-electron chi connectivity index (χ0n) is 12.8. The fraction of sp³-hybridized carbons (Fsp3) is 0.733. The van der Waals surface area contributed by atoms with Crippen molar-refractivity contribution in [2.75, 3.05) is 30.3 Å². The van der Waals surface area contributed by atoms with Crippen LogP contribution >= 0.6 is 0 Å². The molecule has 5 heteroatoms. The summed E-state index contributed by atoms with van der Waals surface area (Å²) in [4.78, 5) is 23.0. The Labute approximate surface area is 120 Å². The van der Waals surface area contributed by atoms with E-state index < -0.39 is 5.43 Å². The van der Waals surface area contributed by atoms with E-state index in [0.717, 1.165) is 25.9 Å². The summed E-state index contributed by atoms with van der Waals surface area (Å²) in [6.07, 6.45) is 4.58. The Morgan fingerprint density at radius 2 is 1.45 bits per heavy atom. The maximum Gasteiger partial charge on any atom is 0.253 e. The van der Waals surface area contributed by atoms with Crippen molar-refractivity contribution in [3.63, 3.8) is 0 Å². The van der Waals surface area contributed by atoms with E-state index in [0.29, 0.717) is 24.0 Å². The molecule has 0 unspecified atom stereocenters. The molecular formula is C15H27N3O2. The van der Waals surface area contributed by atoms with Gasteiger partial charge >= 0.3 is 0 Å². The van der Waals surface area contributed by atoms with E-state index in [-0.39, 0.29) is 5.43 Å². The fourth-order valence-corrected chi connectivity index (χ4v) is 2.04. The van der Waals surface area contributed by atoms with Crippen LogP contribution in [0.2, 0.25) is 0 Å². The van der Waals surface area contributed by atoms with Gasteiger partial charge < -0.3 is 16.0 Å². The average Bonchev–Trinajstić information content (AvgIpc) is 2.43. The number of hydrogen-bond acceptors (Lipinski definition) is 5. The number of unbranched alkanes of at least 4 members (excludes halogenated alkanes) is 3.